The Morgan fingerprint density at radius 3 is 2.59 bits per heavy atom. The Balaban J connectivity index is 2.06. The molecule has 1 aromatic rings. The summed E-state index contributed by atoms with van der Waals surface area (Å²) < 4.78 is 0. The standard InChI is InChI=1S/C17H25N3O2/c1-12-6-5-7-14(10-12)17(8-3-4-9-17)11-19-13(2)15(21)20-16(18)22/h5-7,10,13,19H,3-4,8-9,11H2,1-2H3,(H3,18,20,21,22)/t13-/m1/s1. The minimum Gasteiger partial charge on any atom is -0.351 e. The highest BCUT2D eigenvalue weighted by Crippen LogP contribution is 2.40. The molecule has 0 aliphatic heterocycles. The van der Waals surface area contributed by atoms with E-state index in [2.05, 4.69) is 41.8 Å². The number of amides is 3. The summed E-state index contributed by atoms with van der Waals surface area (Å²) in [4.78, 5) is 22.5. The molecule has 1 atom stereocenters. The van der Waals surface area contributed by atoms with E-state index in [1.165, 1.54) is 24.0 Å². The van der Waals surface area contributed by atoms with E-state index in [0.717, 1.165) is 19.4 Å². The van der Waals surface area contributed by atoms with E-state index < -0.39 is 12.1 Å². The van der Waals surface area contributed by atoms with E-state index in [1.54, 1.807) is 6.92 Å². The summed E-state index contributed by atoms with van der Waals surface area (Å²) in [7, 11) is 0. The first kappa shape index (κ1) is 16.5. The summed E-state index contributed by atoms with van der Waals surface area (Å²) in [6, 6.07) is 7.34. The Kier molecular flexibility index (Phi) is 5.19. The molecular weight excluding hydrogens is 278 g/mol. The second-order valence-electron chi connectivity index (χ2n) is 6.31. The molecule has 0 bridgehead atoms. The smallest absolute Gasteiger partial charge is 0.318 e. The van der Waals surface area contributed by atoms with Crippen LogP contribution in [0.3, 0.4) is 0 Å². The Hall–Kier alpha value is -1.88. The van der Waals surface area contributed by atoms with Crippen molar-refractivity contribution >= 4 is 11.9 Å². The zero-order valence-electron chi connectivity index (χ0n) is 13.3. The third kappa shape index (κ3) is 3.85. The van der Waals surface area contributed by atoms with Crippen molar-refractivity contribution in [1.29, 1.82) is 0 Å². The molecule has 2 rings (SSSR count). The Morgan fingerprint density at radius 2 is 2.00 bits per heavy atom. The van der Waals surface area contributed by atoms with Crippen LogP contribution in [0.25, 0.3) is 0 Å². The SMILES string of the molecule is Cc1cccc(C2(CN[C@H](C)C(=O)NC(N)=O)CCCC2)c1. The van der Waals surface area contributed by atoms with Gasteiger partial charge in [-0.05, 0) is 32.3 Å². The van der Waals surface area contributed by atoms with Crippen LogP contribution in [0.5, 0.6) is 0 Å². The zero-order valence-corrected chi connectivity index (χ0v) is 13.3. The summed E-state index contributed by atoms with van der Waals surface area (Å²) in [6.07, 6.45) is 4.65. The van der Waals surface area contributed by atoms with Gasteiger partial charge in [-0.15, -0.1) is 0 Å². The first-order chi connectivity index (χ1) is 10.4. The van der Waals surface area contributed by atoms with Gasteiger partial charge in [-0.25, -0.2) is 4.79 Å². The van der Waals surface area contributed by atoms with Gasteiger partial charge in [-0.1, -0.05) is 42.7 Å². The number of nitrogens with two attached hydrogens (primary N) is 1. The number of benzene rings is 1. The fourth-order valence-electron chi connectivity index (χ4n) is 3.27. The fourth-order valence-corrected chi connectivity index (χ4v) is 3.27. The Bertz CT molecular complexity index is 551. The topological polar surface area (TPSA) is 84.2 Å². The van der Waals surface area contributed by atoms with Gasteiger partial charge in [0.2, 0.25) is 5.91 Å². The molecule has 1 aromatic carbocycles. The van der Waals surface area contributed by atoms with Crippen molar-refractivity contribution in [3.8, 4) is 0 Å². The molecule has 0 radical (unpaired) electrons. The van der Waals surface area contributed by atoms with Crippen molar-refractivity contribution in [2.24, 2.45) is 5.73 Å². The molecular formula is C17H25N3O2. The van der Waals surface area contributed by atoms with E-state index in [4.69, 9.17) is 5.73 Å². The maximum absolute atomic E-state index is 11.8. The van der Waals surface area contributed by atoms with Gasteiger partial charge in [0, 0.05) is 12.0 Å². The number of carbonyl (C=O) groups is 2. The van der Waals surface area contributed by atoms with Crippen molar-refractivity contribution in [1.82, 2.24) is 10.6 Å². The first-order valence-corrected chi connectivity index (χ1v) is 7.84. The number of aryl methyl sites for hydroxylation is 1. The summed E-state index contributed by atoms with van der Waals surface area (Å²) >= 11 is 0. The summed E-state index contributed by atoms with van der Waals surface area (Å²) in [5.41, 5.74) is 7.65. The van der Waals surface area contributed by atoms with Crippen molar-refractivity contribution in [2.75, 3.05) is 6.54 Å². The second-order valence-corrected chi connectivity index (χ2v) is 6.31. The van der Waals surface area contributed by atoms with Crippen LogP contribution in [0.4, 0.5) is 4.79 Å². The predicted molar refractivity (Wildman–Crippen MR) is 86.5 cm³/mol. The largest absolute Gasteiger partial charge is 0.351 e. The van der Waals surface area contributed by atoms with Gasteiger partial charge in [0.05, 0.1) is 6.04 Å². The number of hydrogen-bond donors (Lipinski definition) is 3. The number of urea groups is 1. The predicted octanol–water partition coefficient (Wildman–Crippen LogP) is 1.98. The molecule has 0 saturated heterocycles. The van der Waals surface area contributed by atoms with Crippen molar-refractivity contribution in [2.45, 2.75) is 51.0 Å². The molecule has 5 heteroatoms. The lowest BCUT2D eigenvalue weighted by Gasteiger charge is -2.31. The van der Waals surface area contributed by atoms with Gasteiger partial charge in [-0.3, -0.25) is 10.1 Å². The van der Waals surface area contributed by atoms with E-state index in [-0.39, 0.29) is 11.3 Å². The van der Waals surface area contributed by atoms with Crippen LogP contribution < -0.4 is 16.4 Å². The lowest BCUT2D eigenvalue weighted by atomic mass is 9.78. The monoisotopic (exact) mass is 303 g/mol. The summed E-state index contributed by atoms with van der Waals surface area (Å²) in [6.45, 7) is 4.57. The first-order valence-electron chi connectivity index (χ1n) is 7.84. The van der Waals surface area contributed by atoms with Gasteiger partial charge in [-0.2, -0.15) is 0 Å². The Morgan fingerprint density at radius 1 is 1.32 bits per heavy atom. The van der Waals surface area contributed by atoms with Gasteiger partial charge in [0.15, 0.2) is 0 Å². The highest BCUT2D eigenvalue weighted by molar-refractivity contribution is 5.96. The minimum absolute atomic E-state index is 0.0767. The quantitative estimate of drug-likeness (QED) is 0.777. The highest BCUT2D eigenvalue weighted by Gasteiger charge is 2.36. The maximum atomic E-state index is 11.8. The number of hydrogen-bond acceptors (Lipinski definition) is 3. The fraction of sp³-hybridized carbons (Fsp3) is 0.529. The summed E-state index contributed by atoms with van der Waals surface area (Å²) in [5.74, 6) is -0.384. The molecule has 1 aliphatic carbocycles. The molecule has 0 aromatic heterocycles. The lowest BCUT2D eigenvalue weighted by Crippen LogP contribution is -2.49. The lowest BCUT2D eigenvalue weighted by molar-refractivity contribution is -0.121. The Labute approximate surface area is 131 Å². The van der Waals surface area contributed by atoms with Crippen LogP contribution in [0.2, 0.25) is 0 Å². The molecule has 0 heterocycles. The van der Waals surface area contributed by atoms with Crippen LogP contribution in [-0.2, 0) is 10.2 Å². The van der Waals surface area contributed by atoms with Crippen molar-refractivity contribution in [3.63, 3.8) is 0 Å². The zero-order chi connectivity index (χ0) is 16.2. The summed E-state index contributed by atoms with van der Waals surface area (Å²) in [5, 5.41) is 5.39. The van der Waals surface area contributed by atoms with E-state index >= 15 is 0 Å². The second kappa shape index (κ2) is 6.92. The average Bonchev–Trinajstić information content (AvgIpc) is 2.94. The maximum Gasteiger partial charge on any atom is 0.318 e. The molecule has 0 unspecified atom stereocenters. The third-order valence-corrected chi connectivity index (χ3v) is 4.58. The normalized spacial score (nSPS) is 17.9. The van der Waals surface area contributed by atoms with Gasteiger partial charge >= 0.3 is 6.03 Å². The van der Waals surface area contributed by atoms with E-state index in [0.29, 0.717) is 0 Å². The van der Waals surface area contributed by atoms with Crippen LogP contribution in [0.15, 0.2) is 24.3 Å². The van der Waals surface area contributed by atoms with Crippen LogP contribution in [0, 0.1) is 6.92 Å². The third-order valence-electron chi connectivity index (χ3n) is 4.58. The molecule has 5 nitrogen and oxygen atoms in total. The van der Waals surface area contributed by atoms with Gasteiger partial charge in [0.1, 0.15) is 0 Å². The molecule has 3 amide bonds. The van der Waals surface area contributed by atoms with Crippen LogP contribution in [0.1, 0.15) is 43.7 Å². The molecule has 1 fully saturated rings. The molecule has 22 heavy (non-hydrogen) atoms. The number of rotatable bonds is 5. The van der Waals surface area contributed by atoms with Crippen LogP contribution in [-0.4, -0.2) is 24.5 Å². The van der Waals surface area contributed by atoms with E-state index in [9.17, 15) is 9.59 Å². The van der Waals surface area contributed by atoms with Gasteiger partial charge in [0.25, 0.3) is 0 Å². The molecule has 1 aliphatic rings. The number of primary amides is 1. The number of nitrogens with one attached hydrogen (secondary N) is 2. The number of imide groups is 1. The van der Waals surface area contributed by atoms with Gasteiger partial charge < -0.3 is 11.1 Å². The molecule has 120 valence electrons. The van der Waals surface area contributed by atoms with Crippen molar-refractivity contribution < 1.29 is 9.59 Å². The van der Waals surface area contributed by atoms with E-state index in [1.807, 2.05) is 0 Å². The number of carbonyl (C=O) groups excluding carboxylic acids is 2. The molecule has 4 N–H and O–H groups in total. The molecule has 0 spiro atoms. The molecule has 1 saturated carbocycles. The average molecular weight is 303 g/mol. The van der Waals surface area contributed by atoms with Crippen LogP contribution >= 0.6 is 0 Å². The van der Waals surface area contributed by atoms with Crippen molar-refractivity contribution in [3.05, 3.63) is 35.4 Å². The highest BCUT2D eigenvalue weighted by atomic mass is 16.2. The minimum atomic E-state index is -0.812.